The first-order valence-electron chi connectivity index (χ1n) is 7.04. The molecule has 2 aromatic carbocycles. The van der Waals surface area contributed by atoms with Crippen LogP contribution in [0.15, 0.2) is 47.9 Å². The fraction of sp³-hybridized carbons (Fsp3) is 0.118. The van der Waals surface area contributed by atoms with Crippen LogP contribution in [-0.4, -0.2) is 6.79 Å². The van der Waals surface area contributed by atoms with Crippen LogP contribution in [0.5, 0.6) is 17.2 Å². The summed E-state index contributed by atoms with van der Waals surface area (Å²) in [5.74, 6) is 1.66. The van der Waals surface area contributed by atoms with Crippen molar-refractivity contribution in [3.05, 3.63) is 59.0 Å². The molecule has 0 saturated carbocycles. The van der Waals surface area contributed by atoms with Crippen LogP contribution in [0.2, 0.25) is 0 Å². The molecular formula is C17H13N3O3. The van der Waals surface area contributed by atoms with Gasteiger partial charge >= 0.3 is 0 Å². The number of hydrogen-bond acceptors (Lipinski definition) is 6. The topological polar surface area (TPSA) is 104 Å². The van der Waals surface area contributed by atoms with E-state index in [0.717, 1.165) is 11.1 Å². The molecule has 6 heteroatoms. The normalized spacial score (nSPS) is 18.1. The van der Waals surface area contributed by atoms with E-state index in [2.05, 4.69) is 6.07 Å². The van der Waals surface area contributed by atoms with Gasteiger partial charge in [-0.15, -0.1) is 0 Å². The van der Waals surface area contributed by atoms with Crippen LogP contribution < -0.4 is 25.7 Å². The molecule has 0 aromatic heterocycles. The molecule has 114 valence electrons. The molecule has 6 nitrogen and oxygen atoms in total. The predicted octanol–water partition coefficient (Wildman–Crippen LogP) is 2.22. The molecule has 2 aromatic rings. The number of nitriles is 1. The summed E-state index contributed by atoms with van der Waals surface area (Å²) in [6.07, 6.45) is 0. The SMILES string of the molecule is N#CC1=C(N)Oc2cc(N)ccc2[C@@H]1c1ccc2c(c1)OCO2. The molecule has 4 N–H and O–H groups in total. The third-order valence-corrected chi connectivity index (χ3v) is 3.97. The molecule has 23 heavy (non-hydrogen) atoms. The number of nitrogens with zero attached hydrogens (tertiary/aromatic N) is 1. The first-order chi connectivity index (χ1) is 11.2. The molecule has 2 heterocycles. The Labute approximate surface area is 132 Å². The lowest BCUT2D eigenvalue weighted by molar-refractivity contribution is 0.174. The molecular weight excluding hydrogens is 294 g/mol. The standard InChI is InChI=1S/C17H13N3O3/c18-7-12-16(9-1-4-13-15(5-9)22-8-21-13)11-3-2-10(19)6-14(11)23-17(12)20/h1-6,16H,8,19-20H2/t16-/m0/s1. The maximum Gasteiger partial charge on any atom is 0.231 e. The molecule has 0 saturated heterocycles. The summed E-state index contributed by atoms with van der Waals surface area (Å²) in [6.45, 7) is 0.197. The van der Waals surface area contributed by atoms with Gasteiger partial charge in [0, 0.05) is 17.3 Å². The Bertz CT molecular complexity index is 883. The summed E-state index contributed by atoms with van der Waals surface area (Å²) >= 11 is 0. The van der Waals surface area contributed by atoms with Crippen molar-refractivity contribution in [1.82, 2.24) is 0 Å². The summed E-state index contributed by atoms with van der Waals surface area (Å²) in [5.41, 5.74) is 14.4. The zero-order valence-electron chi connectivity index (χ0n) is 12.1. The van der Waals surface area contributed by atoms with Crippen molar-refractivity contribution in [2.24, 2.45) is 5.73 Å². The summed E-state index contributed by atoms with van der Waals surface area (Å²) in [7, 11) is 0. The van der Waals surface area contributed by atoms with Crippen molar-refractivity contribution in [2.45, 2.75) is 5.92 Å². The average molecular weight is 307 g/mol. The summed E-state index contributed by atoms with van der Waals surface area (Å²) in [4.78, 5) is 0. The highest BCUT2D eigenvalue weighted by Crippen LogP contribution is 2.45. The van der Waals surface area contributed by atoms with Gasteiger partial charge in [-0.25, -0.2) is 0 Å². The fourth-order valence-corrected chi connectivity index (χ4v) is 2.91. The summed E-state index contributed by atoms with van der Waals surface area (Å²) < 4.78 is 16.3. The molecule has 2 aliphatic heterocycles. The quantitative estimate of drug-likeness (QED) is 0.783. The Morgan fingerprint density at radius 3 is 2.65 bits per heavy atom. The molecule has 4 rings (SSSR count). The second kappa shape index (κ2) is 4.85. The number of rotatable bonds is 1. The van der Waals surface area contributed by atoms with E-state index < -0.39 is 0 Å². The van der Waals surface area contributed by atoms with Crippen molar-refractivity contribution >= 4 is 5.69 Å². The minimum atomic E-state index is -0.334. The largest absolute Gasteiger partial charge is 0.454 e. The van der Waals surface area contributed by atoms with Gasteiger partial charge in [-0.2, -0.15) is 5.26 Å². The highest BCUT2D eigenvalue weighted by atomic mass is 16.7. The molecule has 0 fully saturated rings. The van der Waals surface area contributed by atoms with Crippen LogP contribution >= 0.6 is 0 Å². The van der Waals surface area contributed by atoms with Crippen molar-refractivity contribution < 1.29 is 14.2 Å². The number of hydrogen-bond donors (Lipinski definition) is 2. The van der Waals surface area contributed by atoms with Gasteiger partial charge in [0.15, 0.2) is 11.5 Å². The van der Waals surface area contributed by atoms with Crippen LogP contribution in [0.1, 0.15) is 17.0 Å². The number of anilines is 1. The van der Waals surface area contributed by atoms with Gasteiger partial charge in [0.25, 0.3) is 0 Å². The number of allylic oxidation sites excluding steroid dienone is 1. The van der Waals surface area contributed by atoms with Crippen molar-refractivity contribution in [3.63, 3.8) is 0 Å². The van der Waals surface area contributed by atoms with Gasteiger partial charge in [0.2, 0.25) is 12.7 Å². The molecule has 0 aliphatic carbocycles. The molecule has 2 aliphatic rings. The zero-order chi connectivity index (χ0) is 16.0. The van der Waals surface area contributed by atoms with Crippen LogP contribution in [0.4, 0.5) is 5.69 Å². The molecule has 0 radical (unpaired) electrons. The van der Waals surface area contributed by atoms with Gasteiger partial charge in [-0.05, 0) is 23.8 Å². The Morgan fingerprint density at radius 2 is 1.83 bits per heavy atom. The summed E-state index contributed by atoms with van der Waals surface area (Å²) in [6, 6.07) is 13.1. The molecule has 0 amide bonds. The van der Waals surface area contributed by atoms with Crippen molar-refractivity contribution in [1.29, 1.82) is 5.26 Å². The Hall–Kier alpha value is -3.33. The first kappa shape index (κ1) is 13.3. The van der Waals surface area contributed by atoms with E-state index in [9.17, 15) is 5.26 Å². The third kappa shape index (κ3) is 2.02. The Kier molecular flexibility index (Phi) is 2.81. The lowest BCUT2D eigenvalue weighted by atomic mass is 9.83. The number of benzene rings is 2. The molecule has 0 spiro atoms. The Morgan fingerprint density at radius 1 is 1.00 bits per heavy atom. The third-order valence-electron chi connectivity index (χ3n) is 3.97. The number of ether oxygens (including phenoxy) is 3. The first-order valence-corrected chi connectivity index (χ1v) is 7.04. The van der Waals surface area contributed by atoms with E-state index in [0.29, 0.717) is 28.5 Å². The lowest BCUT2D eigenvalue weighted by Gasteiger charge is -2.26. The smallest absolute Gasteiger partial charge is 0.231 e. The van der Waals surface area contributed by atoms with Gasteiger partial charge in [0.1, 0.15) is 17.4 Å². The number of nitrogens with two attached hydrogens (primary N) is 2. The highest BCUT2D eigenvalue weighted by Gasteiger charge is 2.31. The average Bonchev–Trinajstić information content (AvgIpc) is 3.00. The lowest BCUT2D eigenvalue weighted by Crippen LogP contribution is -2.21. The maximum absolute atomic E-state index is 9.52. The molecule has 0 unspecified atom stereocenters. The van der Waals surface area contributed by atoms with E-state index >= 15 is 0 Å². The van der Waals surface area contributed by atoms with Crippen molar-refractivity contribution in [3.8, 4) is 23.3 Å². The highest BCUT2D eigenvalue weighted by molar-refractivity contribution is 5.61. The van der Waals surface area contributed by atoms with E-state index in [1.807, 2.05) is 24.3 Å². The van der Waals surface area contributed by atoms with Gasteiger partial charge < -0.3 is 25.7 Å². The second-order valence-corrected chi connectivity index (χ2v) is 5.33. The predicted molar refractivity (Wildman–Crippen MR) is 82.7 cm³/mol. The van der Waals surface area contributed by atoms with Crippen LogP contribution in [-0.2, 0) is 0 Å². The van der Waals surface area contributed by atoms with Crippen molar-refractivity contribution in [2.75, 3.05) is 12.5 Å². The fourth-order valence-electron chi connectivity index (χ4n) is 2.91. The minimum Gasteiger partial charge on any atom is -0.454 e. The van der Waals surface area contributed by atoms with Gasteiger partial charge in [0.05, 0.1) is 5.92 Å². The Balaban J connectivity index is 1.90. The minimum absolute atomic E-state index is 0.0910. The molecule has 0 bridgehead atoms. The van der Waals surface area contributed by atoms with E-state index in [1.165, 1.54) is 0 Å². The van der Waals surface area contributed by atoms with Crippen LogP contribution in [0.3, 0.4) is 0 Å². The summed E-state index contributed by atoms with van der Waals surface area (Å²) in [5, 5.41) is 9.52. The van der Waals surface area contributed by atoms with E-state index in [4.69, 9.17) is 25.7 Å². The van der Waals surface area contributed by atoms with Gasteiger partial charge in [-0.3, -0.25) is 0 Å². The maximum atomic E-state index is 9.52. The number of nitrogen functional groups attached to an aromatic ring is 1. The van der Waals surface area contributed by atoms with E-state index in [1.54, 1.807) is 12.1 Å². The number of fused-ring (bicyclic) bond motifs is 2. The van der Waals surface area contributed by atoms with E-state index in [-0.39, 0.29) is 18.6 Å². The zero-order valence-corrected chi connectivity index (χ0v) is 12.1. The van der Waals surface area contributed by atoms with Gasteiger partial charge in [-0.1, -0.05) is 12.1 Å². The van der Waals surface area contributed by atoms with Crippen LogP contribution in [0.25, 0.3) is 0 Å². The second-order valence-electron chi connectivity index (χ2n) is 5.33. The monoisotopic (exact) mass is 307 g/mol. The van der Waals surface area contributed by atoms with Crippen LogP contribution in [0, 0.1) is 11.3 Å². The molecule has 1 atom stereocenters.